The van der Waals surface area contributed by atoms with Gasteiger partial charge in [-0.2, -0.15) is 0 Å². The molecule has 30 heavy (non-hydrogen) atoms. The quantitative estimate of drug-likeness (QED) is 0.320. The zero-order valence-electron chi connectivity index (χ0n) is 20.6. The van der Waals surface area contributed by atoms with Crippen LogP contribution in [-0.2, 0) is 9.47 Å². The van der Waals surface area contributed by atoms with Crippen LogP contribution in [0.1, 0.15) is 40.5 Å². The lowest BCUT2D eigenvalue weighted by molar-refractivity contribution is 0.0720. The largest absolute Gasteiger partial charge is 0.380 e. The Kier molecular flexibility index (Phi) is 19.8. The van der Waals surface area contributed by atoms with Crippen molar-refractivity contribution in [3.8, 4) is 12.3 Å². The highest BCUT2D eigenvalue weighted by molar-refractivity contribution is 4.82. The van der Waals surface area contributed by atoms with Gasteiger partial charge in [0.2, 0.25) is 0 Å². The predicted octanol–water partition coefficient (Wildman–Crippen LogP) is 2.24. The molecule has 0 aromatic carbocycles. The molecule has 1 heterocycles. The Hall–Kier alpha value is -0.680. The van der Waals surface area contributed by atoms with Crippen molar-refractivity contribution in [2.45, 2.75) is 40.5 Å². The van der Waals surface area contributed by atoms with Gasteiger partial charge in [-0.25, -0.2) is 0 Å². The first-order chi connectivity index (χ1) is 14.4. The van der Waals surface area contributed by atoms with Crippen molar-refractivity contribution in [2.24, 2.45) is 17.6 Å². The third-order valence-electron chi connectivity index (χ3n) is 4.82. The summed E-state index contributed by atoms with van der Waals surface area (Å²) in [6.07, 6.45) is 7.09. The molecule has 0 radical (unpaired) electrons. The first kappa shape index (κ1) is 29.3. The van der Waals surface area contributed by atoms with Crippen LogP contribution >= 0.6 is 0 Å². The molecular formula is C24H50N4O2. The SMILES string of the molecule is C#CCOCCCN(C)CC(C)C.CC(C)CN1CCN(CCOCCCN)CC1. The van der Waals surface area contributed by atoms with Crippen LogP contribution in [0.5, 0.6) is 0 Å². The lowest BCUT2D eigenvalue weighted by atomic mass is 10.2. The minimum atomic E-state index is 0.438. The average molecular weight is 427 g/mol. The van der Waals surface area contributed by atoms with Crippen LogP contribution in [0.4, 0.5) is 0 Å². The van der Waals surface area contributed by atoms with E-state index in [9.17, 15) is 0 Å². The van der Waals surface area contributed by atoms with Gasteiger partial charge < -0.3 is 25.0 Å². The Morgan fingerprint density at radius 2 is 1.57 bits per heavy atom. The van der Waals surface area contributed by atoms with Gasteiger partial charge in [-0.1, -0.05) is 33.6 Å². The van der Waals surface area contributed by atoms with Crippen molar-refractivity contribution in [2.75, 3.05) is 92.4 Å². The summed E-state index contributed by atoms with van der Waals surface area (Å²) in [5, 5.41) is 0. The molecule has 1 fully saturated rings. The van der Waals surface area contributed by atoms with Gasteiger partial charge in [0.25, 0.3) is 0 Å². The molecule has 0 atom stereocenters. The Morgan fingerprint density at radius 1 is 0.933 bits per heavy atom. The molecule has 1 aliphatic rings. The van der Waals surface area contributed by atoms with E-state index in [0.29, 0.717) is 6.61 Å². The molecule has 2 N–H and O–H groups in total. The van der Waals surface area contributed by atoms with Crippen LogP contribution in [0.15, 0.2) is 0 Å². The number of nitrogens with two attached hydrogens (primary N) is 1. The second-order valence-corrected chi connectivity index (χ2v) is 9.06. The third-order valence-corrected chi connectivity index (χ3v) is 4.82. The fraction of sp³-hybridized carbons (Fsp3) is 0.917. The highest BCUT2D eigenvalue weighted by Crippen LogP contribution is 2.05. The van der Waals surface area contributed by atoms with E-state index in [-0.39, 0.29) is 0 Å². The molecule has 178 valence electrons. The first-order valence-corrected chi connectivity index (χ1v) is 11.8. The standard InChI is InChI=1S/C13H29N3O.C11H21NO/c1-13(2)12-16-7-5-15(6-8-16)9-11-17-10-3-4-14;1-5-8-13-9-6-7-12(4)10-11(2)3/h13H,3-12,14H2,1-2H3;1,11H,6-10H2,2-4H3. The molecule has 1 rings (SSSR count). The van der Waals surface area contributed by atoms with Crippen LogP contribution < -0.4 is 5.73 Å². The minimum Gasteiger partial charge on any atom is -0.380 e. The molecule has 1 aliphatic heterocycles. The van der Waals surface area contributed by atoms with Crippen molar-refractivity contribution in [1.82, 2.24) is 14.7 Å². The molecule has 0 aliphatic carbocycles. The van der Waals surface area contributed by atoms with Gasteiger partial charge in [0.05, 0.1) is 6.61 Å². The van der Waals surface area contributed by atoms with E-state index in [1.54, 1.807) is 0 Å². The third kappa shape index (κ3) is 19.3. The lowest BCUT2D eigenvalue weighted by Gasteiger charge is -2.35. The zero-order chi connectivity index (χ0) is 22.6. The van der Waals surface area contributed by atoms with E-state index in [1.807, 2.05) is 0 Å². The zero-order valence-corrected chi connectivity index (χ0v) is 20.6. The second kappa shape index (κ2) is 20.2. The molecule has 0 unspecified atom stereocenters. The number of hydrogen-bond donors (Lipinski definition) is 1. The Balaban J connectivity index is 0.000000584. The molecule has 0 aromatic heterocycles. The number of nitrogens with zero attached hydrogens (tertiary/aromatic N) is 3. The predicted molar refractivity (Wildman–Crippen MR) is 129 cm³/mol. The molecular weight excluding hydrogens is 376 g/mol. The highest BCUT2D eigenvalue weighted by atomic mass is 16.5. The van der Waals surface area contributed by atoms with Gasteiger partial charge in [-0.05, 0) is 38.3 Å². The maximum absolute atomic E-state index is 5.53. The van der Waals surface area contributed by atoms with Crippen LogP contribution in [-0.4, -0.2) is 107 Å². The summed E-state index contributed by atoms with van der Waals surface area (Å²) in [5.74, 6) is 3.96. The summed E-state index contributed by atoms with van der Waals surface area (Å²) in [4.78, 5) is 7.39. The van der Waals surface area contributed by atoms with Crippen molar-refractivity contribution >= 4 is 0 Å². The van der Waals surface area contributed by atoms with Gasteiger partial charge in [0.15, 0.2) is 0 Å². The lowest BCUT2D eigenvalue weighted by Crippen LogP contribution is -2.48. The summed E-state index contributed by atoms with van der Waals surface area (Å²) < 4.78 is 10.7. The number of hydrogen-bond acceptors (Lipinski definition) is 6. The monoisotopic (exact) mass is 426 g/mol. The Morgan fingerprint density at radius 3 is 2.13 bits per heavy atom. The van der Waals surface area contributed by atoms with Crippen LogP contribution in [0.3, 0.4) is 0 Å². The first-order valence-electron chi connectivity index (χ1n) is 11.8. The van der Waals surface area contributed by atoms with E-state index in [2.05, 4.69) is 55.4 Å². The molecule has 0 saturated carbocycles. The number of rotatable bonds is 15. The van der Waals surface area contributed by atoms with E-state index >= 15 is 0 Å². The highest BCUT2D eigenvalue weighted by Gasteiger charge is 2.16. The molecule has 6 heteroatoms. The molecule has 0 bridgehead atoms. The van der Waals surface area contributed by atoms with Crippen molar-refractivity contribution in [3.63, 3.8) is 0 Å². The van der Waals surface area contributed by atoms with E-state index in [0.717, 1.165) is 70.7 Å². The topological polar surface area (TPSA) is 54.2 Å². The second-order valence-electron chi connectivity index (χ2n) is 9.06. The van der Waals surface area contributed by atoms with Crippen molar-refractivity contribution in [1.29, 1.82) is 0 Å². The Labute approximate surface area is 187 Å². The molecule has 6 nitrogen and oxygen atoms in total. The molecule has 1 saturated heterocycles. The summed E-state index contributed by atoms with van der Waals surface area (Å²) in [7, 11) is 2.14. The Bertz CT molecular complexity index is 405. The smallest absolute Gasteiger partial charge is 0.107 e. The summed E-state index contributed by atoms with van der Waals surface area (Å²) in [5.41, 5.74) is 5.41. The van der Waals surface area contributed by atoms with E-state index in [1.165, 1.54) is 32.7 Å². The number of piperazine rings is 1. The molecule has 0 amide bonds. The average Bonchev–Trinajstić information content (AvgIpc) is 2.68. The van der Waals surface area contributed by atoms with Crippen LogP contribution in [0.25, 0.3) is 0 Å². The molecule has 0 spiro atoms. The minimum absolute atomic E-state index is 0.438. The number of terminal acetylenes is 1. The van der Waals surface area contributed by atoms with Gasteiger partial charge in [0.1, 0.15) is 6.61 Å². The van der Waals surface area contributed by atoms with Gasteiger partial charge >= 0.3 is 0 Å². The van der Waals surface area contributed by atoms with Crippen LogP contribution in [0, 0.1) is 24.2 Å². The maximum atomic E-state index is 5.53. The fourth-order valence-corrected chi connectivity index (χ4v) is 3.48. The fourth-order valence-electron chi connectivity index (χ4n) is 3.48. The van der Waals surface area contributed by atoms with E-state index < -0.39 is 0 Å². The van der Waals surface area contributed by atoms with Gasteiger partial charge in [-0.15, -0.1) is 6.42 Å². The number of ether oxygens (including phenoxy) is 2. The van der Waals surface area contributed by atoms with Crippen LogP contribution in [0.2, 0.25) is 0 Å². The van der Waals surface area contributed by atoms with E-state index in [4.69, 9.17) is 21.6 Å². The van der Waals surface area contributed by atoms with Crippen molar-refractivity contribution in [3.05, 3.63) is 0 Å². The summed E-state index contributed by atoms with van der Waals surface area (Å²) >= 11 is 0. The summed E-state index contributed by atoms with van der Waals surface area (Å²) in [6, 6.07) is 0. The molecule has 0 aromatic rings. The normalized spacial score (nSPS) is 15.5. The van der Waals surface area contributed by atoms with Crippen molar-refractivity contribution < 1.29 is 9.47 Å². The maximum Gasteiger partial charge on any atom is 0.107 e. The summed E-state index contributed by atoms with van der Waals surface area (Å²) in [6.45, 7) is 22.0. The van der Waals surface area contributed by atoms with Gasteiger partial charge in [-0.3, -0.25) is 4.90 Å². The van der Waals surface area contributed by atoms with Gasteiger partial charge in [0, 0.05) is 65.6 Å².